The number of rotatable bonds is 5. The molecule has 0 bridgehead atoms. The summed E-state index contributed by atoms with van der Waals surface area (Å²) < 4.78 is 25.2. The number of anilines is 1. The Balaban J connectivity index is 2.79. The molecule has 0 fully saturated rings. The van der Waals surface area contributed by atoms with E-state index in [2.05, 4.69) is 16.0 Å². The van der Waals surface area contributed by atoms with E-state index in [4.69, 9.17) is 6.42 Å². The fraction of sp³-hybridized carbons (Fsp3) is 0.333. The van der Waals surface area contributed by atoms with Gasteiger partial charge in [-0.3, -0.25) is 0 Å². The summed E-state index contributed by atoms with van der Waals surface area (Å²) in [4.78, 5) is 0.246. The molecule has 0 aliphatic heterocycles. The van der Waals surface area contributed by atoms with E-state index < -0.39 is 10.0 Å². The maximum atomic E-state index is 11.5. The van der Waals surface area contributed by atoms with Gasteiger partial charge in [-0.05, 0) is 38.2 Å². The van der Waals surface area contributed by atoms with Gasteiger partial charge in [0.2, 0.25) is 10.0 Å². The Morgan fingerprint density at radius 2 is 1.94 bits per heavy atom. The van der Waals surface area contributed by atoms with Crippen LogP contribution >= 0.6 is 0 Å². The zero-order valence-corrected chi connectivity index (χ0v) is 10.7. The molecule has 4 nitrogen and oxygen atoms in total. The molecular weight excluding hydrogens is 236 g/mol. The molecule has 5 heteroatoms. The van der Waals surface area contributed by atoms with Crippen LogP contribution in [0.25, 0.3) is 0 Å². The largest absolute Gasteiger partial charge is 0.382 e. The third-order valence-electron chi connectivity index (χ3n) is 2.27. The van der Waals surface area contributed by atoms with Crippen molar-refractivity contribution in [3.63, 3.8) is 0 Å². The molecular formula is C12H16N2O2S. The molecule has 0 aliphatic carbocycles. The summed E-state index contributed by atoms with van der Waals surface area (Å²) in [6.07, 6.45) is 5.83. The lowest BCUT2D eigenvalue weighted by Crippen LogP contribution is -2.18. The van der Waals surface area contributed by atoms with Crippen LogP contribution in [0.1, 0.15) is 13.3 Å². The first-order valence-corrected chi connectivity index (χ1v) is 6.71. The summed E-state index contributed by atoms with van der Waals surface area (Å²) in [5, 5.41) is 3.18. The van der Waals surface area contributed by atoms with Gasteiger partial charge in [-0.25, -0.2) is 13.1 Å². The van der Waals surface area contributed by atoms with Gasteiger partial charge < -0.3 is 5.32 Å². The van der Waals surface area contributed by atoms with E-state index in [1.807, 2.05) is 6.92 Å². The molecule has 17 heavy (non-hydrogen) atoms. The predicted molar refractivity (Wildman–Crippen MR) is 69.2 cm³/mol. The zero-order valence-electron chi connectivity index (χ0n) is 9.90. The van der Waals surface area contributed by atoms with Crippen molar-refractivity contribution >= 4 is 15.7 Å². The Morgan fingerprint density at radius 1 is 1.35 bits per heavy atom. The lowest BCUT2D eigenvalue weighted by atomic mass is 10.2. The molecule has 0 saturated heterocycles. The average Bonchev–Trinajstić information content (AvgIpc) is 2.30. The van der Waals surface area contributed by atoms with Crippen molar-refractivity contribution in [2.24, 2.45) is 0 Å². The number of nitrogens with one attached hydrogen (secondary N) is 2. The summed E-state index contributed by atoms with van der Waals surface area (Å²) in [5.74, 6) is 2.56. The summed E-state index contributed by atoms with van der Waals surface area (Å²) in [7, 11) is -1.98. The minimum Gasteiger partial charge on any atom is -0.382 e. The van der Waals surface area contributed by atoms with Gasteiger partial charge in [-0.15, -0.1) is 12.3 Å². The lowest BCUT2D eigenvalue weighted by Gasteiger charge is -2.12. The SMILES string of the molecule is C#CCC(C)Nc1ccc(S(=O)(=O)NC)cc1. The van der Waals surface area contributed by atoms with Gasteiger partial charge in [-0.2, -0.15) is 0 Å². The summed E-state index contributed by atoms with van der Waals surface area (Å²) in [6.45, 7) is 1.97. The monoisotopic (exact) mass is 252 g/mol. The predicted octanol–water partition coefficient (Wildman–Crippen LogP) is 1.42. The van der Waals surface area contributed by atoms with Crippen LogP contribution < -0.4 is 10.0 Å². The lowest BCUT2D eigenvalue weighted by molar-refractivity contribution is 0.588. The van der Waals surface area contributed by atoms with Crippen molar-refractivity contribution in [3.8, 4) is 12.3 Å². The molecule has 1 unspecified atom stereocenters. The molecule has 2 N–H and O–H groups in total. The van der Waals surface area contributed by atoms with Crippen molar-refractivity contribution in [3.05, 3.63) is 24.3 Å². The summed E-state index contributed by atoms with van der Waals surface area (Å²) >= 11 is 0. The Hall–Kier alpha value is -1.51. The van der Waals surface area contributed by atoms with Crippen molar-refractivity contribution in [2.45, 2.75) is 24.3 Å². The highest BCUT2D eigenvalue weighted by Crippen LogP contribution is 2.14. The molecule has 0 aromatic heterocycles. The fourth-order valence-corrected chi connectivity index (χ4v) is 2.09. The standard InChI is InChI=1S/C12H16N2O2S/c1-4-5-10(2)14-11-6-8-12(9-7-11)17(15,16)13-3/h1,6-10,13-14H,5H2,2-3H3. The molecule has 0 saturated carbocycles. The highest BCUT2D eigenvalue weighted by atomic mass is 32.2. The Bertz CT molecular complexity index is 500. The van der Waals surface area contributed by atoms with Crippen LogP contribution in [0.5, 0.6) is 0 Å². The summed E-state index contributed by atoms with van der Waals surface area (Å²) in [5.41, 5.74) is 0.850. The first-order chi connectivity index (χ1) is 7.99. The van der Waals surface area contributed by atoms with Crippen LogP contribution in [-0.2, 0) is 10.0 Å². The van der Waals surface area contributed by atoms with Gasteiger partial charge in [0.05, 0.1) is 4.90 Å². The van der Waals surface area contributed by atoms with Crippen molar-refractivity contribution < 1.29 is 8.42 Å². The van der Waals surface area contributed by atoms with Crippen molar-refractivity contribution in [2.75, 3.05) is 12.4 Å². The molecule has 0 radical (unpaired) electrons. The van der Waals surface area contributed by atoms with Crippen LogP contribution in [-0.4, -0.2) is 21.5 Å². The van der Waals surface area contributed by atoms with Crippen LogP contribution in [0, 0.1) is 12.3 Å². The normalized spacial score (nSPS) is 12.8. The van der Waals surface area contributed by atoms with Gasteiger partial charge in [0.15, 0.2) is 0 Å². The number of benzene rings is 1. The molecule has 0 amide bonds. The molecule has 1 aromatic rings. The van der Waals surface area contributed by atoms with E-state index in [9.17, 15) is 8.42 Å². The Morgan fingerprint density at radius 3 is 2.41 bits per heavy atom. The van der Waals surface area contributed by atoms with E-state index in [-0.39, 0.29) is 10.9 Å². The molecule has 1 aromatic carbocycles. The summed E-state index contributed by atoms with van der Waals surface area (Å²) in [6, 6.07) is 6.70. The zero-order chi connectivity index (χ0) is 12.9. The molecule has 0 heterocycles. The second-order valence-electron chi connectivity index (χ2n) is 3.69. The third kappa shape index (κ3) is 3.77. The second-order valence-corrected chi connectivity index (χ2v) is 5.57. The van der Waals surface area contributed by atoms with Crippen LogP contribution in [0.15, 0.2) is 29.2 Å². The molecule has 0 aliphatic rings. The quantitative estimate of drug-likeness (QED) is 0.779. The smallest absolute Gasteiger partial charge is 0.240 e. The maximum Gasteiger partial charge on any atom is 0.240 e. The van der Waals surface area contributed by atoms with Crippen molar-refractivity contribution in [1.29, 1.82) is 0 Å². The molecule has 92 valence electrons. The maximum absolute atomic E-state index is 11.5. The van der Waals surface area contributed by atoms with Gasteiger partial charge >= 0.3 is 0 Å². The van der Waals surface area contributed by atoms with E-state index in [0.29, 0.717) is 6.42 Å². The van der Waals surface area contributed by atoms with Crippen LogP contribution in [0.2, 0.25) is 0 Å². The second kappa shape index (κ2) is 5.71. The van der Waals surface area contributed by atoms with Crippen LogP contribution in [0.4, 0.5) is 5.69 Å². The van der Waals surface area contributed by atoms with Gasteiger partial charge in [0.1, 0.15) is 0 Å². The minimum absolute atomic E-state index is 0.159. The number of hydrogen-bond donors (Lipinski definition) is 2. The van der Waals surface area contributed by atoms with Crippen molar-refractivity contribution in [1.82, 2.24) is 4.72 Å². The van der Waals surface area contributed by atoms with Gasteiger partial charge in [0.25, 0.3) is 0 Å². The van der Waals surface area contributed by atoms with E-state index in [0.717, 1.165) is 5.69 Å². The topological polar surface area (TPSA) is 58.2 Å². The minimum atomic E-state index is -3.36. The van der Waals surface area contributed by atoms with Gasteiger partial charge in [-0.1, -0.05) is 0 Å². The molecule has 1 rings (SSSR count). The number of sulfonamides is 1. The van der Waals surface area contributed by atoms with E-state index in [1.54, 1.807) is 24.3 Å². The van der Waals surface area contributed by atoms with E-state index >= 15 is 0 Å². The van der Waals surface area contributed by atoms with Gasteiger partial charge in [0, 0.05) is 18.2 Å². The van der Waals surface area contributed by atoms with Crippen LogP contribution in [0.3, 0.4) is 0 Å². The van der Waals surface area contributed by atoms with E-state index in [1.165, 1.54) is 7.05 Å². The Kier molecular flexibility index (Phi) is 4.55. The fourth-order valence-electron chi connectivity index (χ4n) is 1.36. The highest BCUT2D eigenvalue weighted by Gasteiger charge is 2.10. The first-order valence-electron chi connectivity index (χ1n) is 5.23. The molecule has 1 atom stereocenters. The first kappa shape index (κ1) is 13.6. The average molecular weight is 252 g/mol. The Labute approximate surface area is 102 Å². The highest BCUT2D eigenvalue weighted by molar-refractivity contribution is 7.89. The molecule has 0 spiro atoms. The third-order valence-corrected chi connectivity index (χ3v) is 3.70. The number of terminal acetylenes is 1. The number of hydrogen-bond acceptors (Lipinski definition) is 3.